The number of rotatable bonds is 3. The molecule has 0 spiro atoms. The van der Waals surface area contributed by atoms with E-state index in [1.807, 2.05) is 6.92 Å². The number of hydrogen-bond acceptors (Lipinski definition) is 4. The third kappa shape index (κ3) is 2.75. The highest BCUT2D eigenvalue weighted by Crippen LogP contribution is 2.08. The molecule has 11 heavy (non-hydrogen) atoms. The molecular formula is C7H17N3O. The summed E-state index contributed by atoms with van der Waals surface area (Å²) >= 11 is 0. The Hall–Kier alpha value is -0.160. The Morgan fingerprint density at radius 1 is 1.73 bits per heavy atom. The zero-order valence-corrected chi connectivity index (χ0v) is 6.99. The Bertz CT molecular complexity index is 112. The van der Waals surface area contributed by atoms with Crippen LogP contribution in [0.4, 0.5) is 0 Å². The van der Waals surface area contributed by atoms with Gasteiger partial charge in [0.1, 0.15) is 0 Å². The highest BCUT2D eigenvalue weighted by molar-refractivity contribution is 4.73. The van der Waals surface area contributed by atoms with E-state index < -0.39 is 0 Å². The van der Waals surface area contributed by atoms with E-state index in [1.165, 1.54) is 0 Å². The van der Waals surface area contributed by atoms with Crippen molar-refractivity contribution in [2.75, 3.05) is 19.8 Å². The monoisotopic (exact) mass is 159 g/mol. The van der Waals surface area contributed by atoms with Crippen molar-refractivity contribution in [1.29, 1.82) is 0 Å². The molecule has 1 fully saturated rings. The molecule has 2 atom stereocenters. The van der Waals surface area contributed by atoms with Crippen LogP contribution in [0.15, 0.2) is 0 Å². The summed E-state index contributed by atoms with van der Waals surface area (Å²) in [7, 11) is 0. The summed E-state index contributed by atoms with van der Waals surface area (Å²) in [6, 6.07) is 0.515. The Morgan fingerprint density at radius 3 is 2.91 bits per heavy atom. The minimum absolute atomic E-state index is 0.139. The highest BCUT2D eigenvalue weighted by atomic mass is 16.5. The molecular weight excluding hydrogens is 142 g/mol. The van der Waals surface area contributed by atoms with Crippen LogP contribution in [0.2, 0.25) is 0 Å². The molecule has 0 aromatic rings. The van der Waals surface area contributed by atoms with Crippen LogP contribution in [0.1, 0.15) is 13.3 Å². The zero-order valence-electron chi connectivity index (χ0n) is 6.99. The van der Waals surface area contributed by atoms with Crippen LogP contribution in [0.5, 0.6) is 0 Å². The molecule has 0 bridgehead atoms. The first-order chi connectivity index (χ1) is 5.20. The lowest BCUT2D eigenvalue weighted by Crippen LogP contribution is -2.47. The number of hydrogen-bond donors (Lipinski definition) is 2. The van der Waals surface area contributed by atoms with Crippen LogP contribution in [0.25, 0.3) is 0 Å². The number of hydrazine groups is 1. The molecule has 4 heteroatoms. The lowest BCUT2D eigenvalue weighted by molar-refractivity contribution is 0.141. The van der Waals surface area contributed by atoms with Crippen molar-refractivity contribution >= 4 is 0 Å². The highest BCUT2D eigenvalue weighted by Gasteiger charge is 2.20. The van der Waals surface area contributed by atoms with Gasteiger partial charge < -0.3 is 10.5 Å². The maximum atomic E-state index is 5.75. The van der Waals surface area contributed by atoms with E-state index in [0.29, 0.717) is 6.04 Å². The SMILES string of the molecule is CC(N)CN(N)[C@H]1CCOC1. The molecule has 4 N–H and O–H groups in total. The first kappa shape index (κ1) is 8.93. The predicted octanol–water partition coefficient (Wildman–Crippen LogP) is -0.702. The molecule has 0 saturated carbocycles. The Kier molecular flexibility index (Phi) is 3.26. The fourth-order valence-electron chi connectivity index (χ4n) is 1.27. The Balaban J connectivity index is 2.22. The van der Waals surface area contributed by atoms with Gasteiger partial charge in [0.15, 0.2) is 0 Å². The van der Waals surface area contributed by atoms with Gasteiger partial charge in [-0.2, -0.15) is 0 Å². The van der Waals surface area contributed by atoms with Gasteiger partial charge in [0.25, 0.3) is 0 Å². The van der Waals surface area contributed by atoms with Crippen molar-refractivity contribution < 1.29 is 4.74 Å². The third-order valence-corrected chi connectivity index (χ3v) is 1.87. The molecule has 0 aromatic carbocycles. The van der Waals surface area contributed by atoms with E-state index >= 15 is 0 Å². The second-order valence-corrected chi connectivity index (χ2v) is 3.19. The molecule has 1 rings (SSSR count). The summed E-state index contributed by atoms with van der Waals surface area (Å²) in [6.45, 7) is 4.28. The van der Waals surface area contributed by atoms with Crippen molar-refractivity contribution in [3.8, 4) is 0 Å². The van der Waals surface area contributed by atoms with Crippen molar-refractivity contribution in [2.45, 2.75) is 25.4 Å². The molecule has 0 aliphatic carbocycles. The van der Waals surface area contributed by atoms with Crippen molar-refractivity contribution in [1.82, 2.24) is 5.01 Å². The average Bonchev–Trinajstić information content (AvgIpc) is 2.35. The quantitative estimate of drug-likeness (QED) is 0.422. The average molecular weight is 159 g/mol. The van der Waals surface area contributed by atoms with Crippen LogP contribution in [0, 0.1) is 0 Å². The maximum absolute atomic E-state index is 5.75. The fourth-order valence-corrected chi connectivity index (χ4v) is 1.27. The first-order valence-corrected chi connectivity index (χ1v) is 4.05. The largest absolute Gasteiger partial charge is 0.380 e. The van der Waals surface area contributed by atoms with E-state index in [4.69, 9.17) is 16.3 Å². The molecule has 0 radical (unpaired) electrons. The summed E-state index contributed by atoms with van der Waals surface area (Å²) in [5, 5.41) is 1.79. The topological polar surface area (TPSA) is 64.5 Å². The molecule has 1 unspecified atom stereocenters. The third-order valence-electron chi connectivity index (χ3n) is 1.87. The number of ether oxygens (including phenoxy) is 1. The summed E-state index contributed by atoms with van der Waals surface area (Å²) in [4.78, 5) is 0. The summed E-state index contributed by atoms with van der Waals surface area (Å²) < 4.78 is 5.20. The Labute approximate surface area is 67.4 Å². The molecule has 1 saturated heterocycles. The van der Waals surface area contributed by atoms with Gasteiger partial charge in [0, 0.05) is 25.2 Å². The van der Waals surface area contributed by atoms with Gasteiger partial charge in [-0.3, -0.25) is 5.84 Å². The summed E-state index contributed by atoms with van der Waals surface area (Å²) in [6.07, 6.45) is 1.03. The minimum atomic E-state index is 0.139. The van der Waals surface area contributed by atoms with Crippen LogP contribution in [0.3, 0.4) is 0 Å². The number of nitrogens with two attached hydrogens (primary N) is 2. The van der Waals surface area contributed by atoms with Gasteiger partial charge in [-0.05, 0) is 13.3 Å². The fraction of sp³-hybridized carbons (Fsp3) is 1.00. The van der Waals surface area contributed by atoms with Crippen molar-refractivity contribution in [3.05, 3.63) is 0 Å². The Morgan fingerprint density at radius 2 is 2.45 bits per heavy atom. The van der Waals surface area contributed by atoms with Gasteiger partial charge in [-0.1, -0.05) is 0 Å². The smallest absolute Gasteiger partial charge is 0.0636 e. The second kappa shape index (κ2) is 4.01. The van der Waals surface area contributed by atoms with Crippen molar-refractivity contribution in [3.63, 3.8) is 0 Å². The molecule has 1 aliphatic rings. The predicted molar refractivity (Wildman–Crippen MR) is 43.8 cm³/mol. The van der Waals surface area contributed by atoms with E-state index in [1.54, 1.807) is 5.01 Å². The normalized spacial score (nSPS) is 27.8. The summed E-state index contributed by atoms with van der Waals surface area (Å²) in [5.41, 5.74) is 5.60. The van der Waals surface area contributed by atoms with Gasteiger partial charge in [-0.25, -0.2) is 5.01 Å². The lowest BCUT2D eigenvalue weighted by Gasteiger charge is -2.23. The number of nitrogens with zero attached hydrogens (tertiary/aromatic N) is 1. The van der Waals surface area contributed by atoms with Gasteiger partial charge in [0.05, 0.1) is 6.61 Å². The van der Waals surface area contributed by atoms with Crippen LogP contribution in [-0.2, 0) is 4.74 Å². The van der Waals surface area contributed by atoms with Gasteiger partial charge in [-0.15, -0.1) is 0 Å². The van der Waals surface area contributed by atoms with E-state index in [9.17, 15) is 0 Å². The van der Waals surface area contributed by atoms with Crippen LogP contribution in [-0.4, -0.2) is 36.9 Å². The van der Waals surface area contributed by atoms with Crippen LogP contribution >= 0.6 is 0 Å². The molecule has 1 aliphatic heterocycles. The van der Waals surface area contributed by atoms with Crippen molar-refractivity contribution in [2.24, 2.45) is 11.6 Å². The summed E-state index contributed by atoms with van der Waals surface area (Å²) in [5.74, 6) is 5.75. The van der Waals surface area contributed by atoms with E-state index in [2.05, 4.69) is 0 Å². The molecule has 1 heterocycles. The second-order valence-electron chi connectivity index (χ2n) is 3.19. The molecule has 66 valence electrons. The first-order valence-electron chi connectivity index (χ1n) is 4.05. The standard InChI is InChI=1S/C7H17N3O/c1-6(8)4-10(9)7-2-3-11-5-7/h6-7H,2-5,8-9H2,1H3/t6?,7-/m0/s1. The van der Waals surface area contributed by atoms with Gasteiger partial charge in [0.2, 0.25) is 0 Å². The van der Waals surface area contributed by atoms with E-state index in [-0.39, 0.29) is 6.04 Å². The molecule has 4 nitrogen and oxygen atoms in total. The lowest BCUT2D eigenvalue weighted by atomic mass is 10.2. The van der Waals surface area contributed by atoms with Gasteiger partial charge >= 0.3 is 0 Å². The maximum Gasteiger partial charge on any atom is 0.0636 e. The van der Waals surface area contributed by atoms with E-state index in [0.717, 1.165) is 26.2 Å². The minimum Gasteiger partial charge on any atom is -0.380 e. The van der Waals surface area contributed by atoms with Crippen LogP contribution < -0.4 is 11.6 Å². The zero-order chi connectivity index (χ0) is 8.27. The molecule has 0 aromatic heterocycles. The molecule has 0 amide bonds.